The van der Waals surface area contributed by atoms with Crippen molar-refractivity contribution in [2.45, 2.75) is 32.2 Å². The first-order chi connectivity index (χ1) is 9.06. The molecule has 5 heteroatoms. The standard InChI is InChI=1S/C14H22Cl2N2S/c1-10(12-9-13(15)19-14(12)16)17-6-3-11-4-7-18(2)8-5-11/h9-11,17H,3-8H2,1-2H3. The average molecular weight is 321 g/mol. The third kappa shape index (κ3) is 4.61. The molecule has 2 heterocycles. The van der Waals surface area contributed by atoms with Gasteiger partial charge in [0.05, 0.1) is 8.67 Å². The summed E-state index contributed by atoms with van der Waals surface area (Å²) in [6, 6.07) is 2.25. The second-order valence-corrected chi connectivity index (χ2v) is 7.78. The van der Waals surface area contributed by atoms with E-state index in [2.05, 4.69) is 24.2 Å². The molecule has 0 bridgehead atoms. The maximum absolute atomic E-state index is 6.17. The van der Waals surface area contributed by atoms with Gasteiger partial charge in [-0.15, -0.1) is 11.3 Å². The number of thiophene rings is 1. The van der Waals surface area contributed by atoms with Crippen LogP contribution in [0, 0.1) is 5.92 Å². The van der Waals surface area contributed by atoms with Crippen LogP contribution in [0.1, 0.15) is 37.8 Å². The number of hydrogen-bond donors (Lipinski definition) is 1. The first kappa shape index (κ1) is 15.6. The predicted octanol–water partition coefficient (Wildman–Crippen LogP) is 4.44. The summed E-state index contributed by atoms with van der Waals surface area (Å²) in [5.74, 6) is 0.873. The van der Waals surface area contributed by atoms with Gasteiger partial charge >= 0.3 is 0 Å². The molecule has 2 rings (SSSR count). The molecule has 0 radical (unpaired) electrons. The average Bonchev–Trinajstić information content (AvgIpc) is 2.71. The monoisotopic (exact) mass is 320 g/mol. The van der Waals surface area contributed by atoms with E-state index < -0.39 is 0 Å². The van der Waals surface area contributed by atoms with Crippen molar-refractivity contribution in [1.29, 1.82) is 0 Å². The van der Waals surface area contributed by atoms with Gasteiger partial charge in [0.2, 0.25) is 0 Å². The normalized spacial score (nSPS) is 19.8. The molecule has 0 spiro atoms. The van der Waals surface area contributed by atoms with Crippen molar-refractivity contribution < 1.29 is 0 Å². The van der Waals surface area contributed by atoms with Crippen LogP contribution in [0.15, 0.2) is 6.07 Å². The van der Waals surface area contributed by atoms with Crippen molar-refractivity contribution in [2.75, 3.05) is 26.7 Å². The van der Waals surface area contributed by atoms with Gasteiger partial charge in [0.25, 0.3) is 0 Å². The van der Waals surface area contributed by atoms with Crippen molar-refractivity contribution in [3.63, 3.8) is 0 Å². The van der Waals surface area contributed by atoms with E-state index in [0.29, 0.717) is 0 Å². The summed E-state index contributed by atoms with van der Waals surface area (Å²) < 4.78 is 1.58. The molecule has 1 saturated heterocycles. The first-order valence-electron chi connectivity index (χ1n) is 6.93. The van der Waals surface area contributed by atoms with E-state index in [9.17, 15) is 0 Å². The van der Waals surface area contributed by atoms with Gasteiger partial charge < -0.3 is 10.2 Å². The Morgan fingerprint density at radius 3 is 2.68 bits per heavy atom. The Balaban J connectivity index is 1.72. The Hall–Kier alpha value is 0.200. The number of halogens is 2. The Bertz CT molecular complexity index is 400. The van der Waals surface area contributed by atoms with E-state index in [1.165, 1.54) is 43.7 Å². The summed E-state index contributed by atoms with van der Waals surface area (Å²) in [6.07, 6.45) is 3.92. The zero-order valence-corrected chi connectivity index (χ0v) is 13.9. The summed E-state index contributed by atoms with van der Waals surface area (Å²) in [4.78, 5) is 2.42. The maximum atomic E-state index is 6.17. The Morgan fingerprint density at radius 2 is 2.11 bits per heavy atom. The molecule has 0 amide bonds. The SMILES string of the molecule is CC(NCCC1CCN(C)CC1)c1cc(Cl)sc1Cl. The van der Waals surface area contributed by atoms with Crippen LogP contribution in [0.5, 0.6) is 0 Å². The highest BCUT2D eigenvalue weighted by Gasteiger charge is 2.17. The number of likely N-dealkylation sites (tertiary alicyclic amines) is 1. The molecule has 1 N–H and O–H groups in total. The molecule has 0 aromatic carbocycles. The van der Waals surface area contributed by atoms with Crippen molar-refractivity contribution in [2.24, 2.45) is 5.92 Å². The van der Waals surface area contributed by atoms with E-state index in [1.54, 1.807) is 0 Å². The largest absolute Gasteiger partial charge is 0.310 e. The van der Waals surface area contributed by atoms with Crippen LogP contribution in [-0.2, 0) is 0 Å². The summed E-state index contributed by atoms with van der Waals surface area (Å²) >= 11 is 13.6. The molecule has 1 aliphatic heterocycles. The molecule has 0 aliphatic carbocycles. The highest BCUT2D eigenvalue weighted by molar-refractivity contribution is 7.20. The summed E-state index contributed by atoms with van der Waals surface area (Å²) in [5.41, 5.74) is 1.13. The smallest absolute Gasteiger partial charge is 0.0991 e. The number of piperidine rings is 1. The van der Waals surface area contributed by atoms with Gasteiger partial charge in [-0.25, -0.2) is 0 Å². The molecule has 19 heavy (non-hydrogen) atoms. The number of rotatable bonds is 5. The third-order valence-corrected chi connectivity index (χ3v) is 5.51. The molecule has 1 aliphatic rings. The van der Waals surface area contributed by atoms with Crippen LogP contribution in [0.4, 0.5) is 0 Å². The Morgan fingerprint density at radius 1 is 1.42 bits per heavy atom. The second kappa shape index (κ2) is 7.28. The van der Waals surface area contributed by atoms with Crippen LogP contribution in [-0.4, -0.2) is 31.6 Å². The third-order valence-electron chi connectivity index (χ3n) is 3.99. The lowest BCUT2D eigenvalue weighted by Crippen LogP contribution is -2.32. The number of nitrogens with one attached hydrogen (secondary N) is 1. The lowest BCUT2D eigenvalue weighted by Gasteiger charge is -2.29. The molecule has 1 unspecified atom stereocenters. The van der Waals surface area contributed by atoms with Crippen LogP contribution in [0.3, 0.4) is 0 Å². The molecule has 108 valence electrons. The van der Waals surface area contributed by atoms with Gasteiger partial charge in [-0.2, -0.15) is 0 Å². The number of nitrogens with zero attached hydrogens (tertiary/aromatic N) is 1. The minimum atomic E-state index is 0.280. The highest BCUT2D eigenvalue weighted by Crippen LogP contribution is 2.34. The molecule has 0 saturated carbocycles. The summed E-state index contributed by atoms with van der Waals surface area (Å²) in [7, 11) is 2.21. The maximum Gasteiger partial charge on any atom is 0.0991 e. The molecule has 1 atom stereocenters. The summed E-state index contributed by atoms with van der Waals surface area (Å²) in [6.45, 7) is 5.69. The molecule has 2 nitrogen and oxygen atoms in total. The van der Waals surface area contributed by atoms with Gasteiger partial charge in [-0.1, -0.05) is 23.2 Å². The Labute approximate surface area is 130 Å². The van der Waals surface area contributed by atoms with Crippen molar-refractivity contribution in [1.82, 2.24) is 10.2 Å². The molecule has 1 fully saturated rings. The van der Waals surface area contributed by atoms with Crippen molar-refractivity contribution >= 4 is 34.5 Å². The first-order valence-corrected chi connectivity index (χ1v) is 8.50. The van der Waals surface area contributed by atoms with Gasteiger partial charge in [0, 0.05) is 6.04 Å². The van der Waals surface area contributed by atoms with Crippen LogP contribution in [0.25, 0.3) is 0 Å². The van der Waals surface area contributed by atoms with Crippen molar-refractivity contribution in [3.05, 3.63) is 20.3 Å². The molecule has 1 aromatic rings. The van der Waals surface area contributed by atoms with Crippen molar-refractivity contribution in [3.8, 4) is 0 Å². The van der Waals surface area contributed by atoms with Gasteiger partial charge in [-0.05, 0) is 70.4 Å². The fourth-order valence-electron chi connectivity index (χ4n) is 2.61. The molecular weight excluding hydrogens is 299 g/mol. The van der Waals surface area contributed by atoms with E-state index in [1.807, 2.05) is 6.07 Å². The Kier molecular flexibility index (Phi) is 5.97. The number of hydrogen-bond acceptors (Lipinski definition) is 3. The van der Waals surface area contributed by atoms with Crippen LogP contribution in [0.2, 0.25) is 8.67 Å². The predicted molar refractivity (Wildman–Crippen MR) is 85.6 cm³/mol. The van der Waals surface area contributed by atoms with Gasteiger partial charge in [0.1, 0.15) is 0 Å². The zero-order chi connectivity index (χ0) is 13.8. The summed E-state index contributed by atoms with van der Waals surface area (Å²) in [5, 5.41) is 3.56. The molecule has 1 aromatic heterocycles. The highest BCUT2D eigenvalue weighted by atomic mass is 35.5. The zero-order valence-electron chi connectivity index (χ0n) is 11.6. The second-order valence-electron chi connectivity index (χ2n) is 5.49. The fourth-order valence-corrected chi connectivity index (χ4v) is 4.26. The lowest BCUT2D eigenvalue weighted by atomic mass is 9.94. The fraction of sp³-hybridized carbons (Fsp3) is 0.714. The van der Waals surface area contributed by atoms with Crippen LogP contribution < -0.4 is 5.32 Å². The minimum Gasteiger partial charge on any atom is -0.310 e. The van der Waals surface area contributed by atoms with Gasteiger partial charge in [0.15, 0.2) is 0 Å². The van der Waals surface area contributed by atoms with E-state index in [0.717, 1.165) is 26.7 Å². The molecular formula is C14H22Cl2N2S. The lowest BCUT2D eigenvalue weighted by molar-refractivity contribution is 0.211. The van der Waals surface area contributed by atoms with E-state index in [-0.39, 0.29) is 6.04 Å². The van der Waals surface area contributed by atoms with Gasteiger partial charge in [-0.3, -0.25) is 0 Å². The minimum absolute atomic E-state index is 0.280. The topological polar surface area (TPSA) is 15.3 Å². The van der Waals surface area contributed by atoms with E-state index in [4.69, 9.17) is 23.2 Å². The quantitative estimate of drug-likeness (QED) is 0.862. The van der Waals surface area contributed by atoms with Crippen LogP contribution >= 0.6 is 34.5 Å². The van der Waals surface area contributed by atoms with E-state index >= 15 is 0 Å².